The second-order valence-corrected chi connectivity index (χ2v) is 6.50. The van der Waals surface area contributed by atoms with Crippen LogP contribution in [0.3, 0.4) is 0 Å². The Kier molecular flexibility index (Phi) is 6.71. The number of amides is 1. The van der Waals surface area contributed by atoms with Gasteiger partial charge in [0.25, 0.3) is 5.91 Å². The summed E-state index contributed by atoms with van der Waals surface area (Å²) in [5.74, 6) is -1.28. The number of aryl methyl sites for hydroxylation is 1. The average Bonchev–Trinajstić information content (AvgIpc) is 2.59. The molecular weight excluding hydrogens is 385 g/mol. The van der Waals surface area contributed by atoms with Gasteiger partial charge in [0.1, 0.15) is 0 Å². The van der Waals surface area contributed by atoms with E-state index >= 15 is 0 Å². The van der Waals surface area contributed by atoms with Gasteiger partial charge in [0.15, 0.2) is 6.10 Å². The minimum Gasteiger partial charge on any atom is -0.449 e. The predicted octanol–water partition coefficient (Wildman–Crippen LogP) is 5.39. The van der Waals surface area contributed by atoms with Crippen molar-refractivity contribution in [1.29, 1.82) is 0 Å². The third-order valence-electron chi connectivity index (χ3n) is 3.53. The molecular formula is C18H16Cl3NO3. The summed E-state index contributed by atoms with van der Waals surface area (Å²) in [6.45, 7) is 3.50. The maximum Gasteiger partial charge on any atom is 0.342 e. The molecule has 1 amide bonds. The van der Waals surface area contributed by atoms with E-state index in [9.17, 15) is 9.59 Å². The number of anilines is 1. The quantitative estimate of drug-likeness (QED) is 0.540. The third-order valence-corrected chi connectivity index (χ3v) is 4.65. The highest BCUT2D eigenvalue weighted by molar-refractivity contribution is 6.46. The Morgan fingerprint density at radius 3 is 2.24 bits per heavy atom. The summed E-state index contributed by atoms with van der Waals surface area (Å²) in [6.07, 6.45) is -0.131. The molecule has 0 radical (unpaired) electrons. The largest absolute Gasteiger partial charge is 0.449 e. The van der Waals surface area contributed by atoms with Crippen molar-refractivity contribution in [3.8, 4) is 0 Å². The molecule has 25 heavy (non-hydrogen) atoms. The lowest BCUT2D eigenvalue weighted by molar-refractivity contribution is -0.123. The second kappa shape index (κ2) is 8.56. The number of rotatable bonds is 5. The highest BCUT2D eigenvalue weighted by atomic mass is 35.5. The van der Waals surface area contributed by atoms with Gasteiger partial charge in [-0.1, -0.05) is 53.9 Å². The molecule has 0 saturated heterocycles. The summed E-state index contributed by atoms with van der Waals surface area (Å²) in [7, 11) is 0. The van der Waals surface area contributed by atoms with Crippen LogP contribution in [-0.4, -0.2) is 18.0 Å². The Bertz CT molecular complexity index is 791. The third kappa shape index (κ3) is 4.88. The van der Waals surface area contributed by atoms with Crippen molar-refractivity contribution in [2.24, 2.45) is 0 Å². The van der Waals surface area contributed by atoms with Crippen molar-refractivity contribution in [1.82, 2.24) is 0 Å². The van der Waals surface area contributed by atoms with Gasteiger partial charge >= 0.3 is 5.97 Å². The van der Waals surface area contributed by atoms with E-state index in [1.165, 1.54) is 19.1 Å². The van der Waals surface area contributed by atoms with Gasteiger partial charge < -0.3 is 10.1 Å². The van der Waals surface area contributed by atoms with Crippen molar-refractivity contribution in [3.63, 3.8) is 0 Å². The number of hydrogen-bond donors (Lipinski definition) is 1. The van der Waals surface area contributed by atoms with Crippen molar-refractivity contribution in [2.75, 3.05) is 5.32 Å². The standard InChI is InChI=1S/C18H16Cl3NO3/c1-3-11-4-6-12(7-5-11)22-17(23)10(2)25-18(24)15-13(19)8-9-14(20)16(15)21/h4-10H,3H2,1-2H3,(H,22,23)/t10-/m0/s1. The zero-order valence-electron chi connectivity index (χ0n) is 13.6. The first-order chi connectivity index (χ1) is 11.8. The average molecular weight is 401 g/mol. The summed E-state index contributed by atoms with van der Waals surface area (Å²) < 4.78 is 5.15. The zero-order valence-corrected chi connectivity index (χ0v) is 15.9. The minimum atomic E-state index is -1.04. The summed E-state index contributed by atoms with van der Waals surface area (Å²) in [4.78, 5) is 24.4. The maximum atomic E-state index is 12.3. The van der Waals surface area contributed by atoms with Crippen molar-refractivity contribution >= 4 is 52.4 Å². The second-order valence-electron chi connectivity index (χ2n) is 5.31. The van der Waals surface area contributed by atoms with Crippen LogP contribution in [0.2, 0.25) is 15.1 Å². The molecule has 2 aromatic carbocycles. The fourth-order valence-corrected chi connectivity index (χ4v) is 2.74. The lowest BCUT2D eigenvalue weighted by atomic mass is 10.1. The first-order valence-corrected chi connectivity index (χ1v) is 8.71. The summed E-state index contributed by atoms with van der Waals surface area (Å²) in [5.41, 5.74) is 1.70. The highest BCUT2D eigenvalue weighted by Gasteiger charge is 2.24. The van der Waals surface area contributed by atoms with Crippen LogP contribution in [0.15, 0.2) is 36.4 Å². The van der Waals surface area contributed by atoms with Gasteiger partial charge in [0.05, 0.1) is 20.6 Å². The van der Waals surface area contributed by atoms with E-state index in [-0.39, 0.29) is 20.6 Å². The lowest BCUT2D eigenvalue weighted by Gasteiger charge is -2.15. The molecule has 0 aliphatic rings. The van der Waals surface area contributed by atoms with E-state index in [0.29, 0.717) is 5.69 Å². The number of benzene rings is 2. The van der Waals surface area contributed by atoms with E-state index in [0.717, 1.165) is 12.0 Å². The number of carbonyl (C=O) groups is 2. The number of halogens is 3. The van der Waals surface area contributed by atoms with Crippen LogP contribution in [0.1, 0.15) is 29.8 Å². The molecule has 1 N–H and O–H groups in total. The predicted molar refractivity (Wildman–Crippen MR) is 101 cm³/mol. The number of ether oxygens (including phenoxy) is 1. The molecule has 132 valence electrons. The van der Waals surface area contributed by atoms with Crippen LogP contribution >= 0.6 is 34.8 Å². The molecule has 0 heterocycles. The van der Waals surface area contributed by atoms with Gasteiger partial charge in [-0.05, 0) is 43.2 Å². The SMILES string of the molecule is CCc1ccc(NC(=O)[C@H](C)OC(=O)c2c(Cl)ccc(Cl)c2Cl)cc1. The van der Waals surface area contributed by atoms with Crippen LogP contribution in [0.5, 0.6) is 0 Å². The molecule has 0 bridgehead atoms. The Balaban J connectivity index is 2.05. The van der Waals surface area contributed by atoms with Crippen LogP contribution in [0.4, 0.5) is 5.69 Å². The van der Waals surface area contributed by atoms with Gasteiger partial charge in [-0.2, -0.15) is 0 Å². The number of carbonyl (C=O) groups excluding carboxylic acids is 2. The topological polar surface area (TPSA) is 55.4 Å². The molecule has 0 saturated carbocycles. The smallest absolute Gasteiger partial charge is 0.342 e. The zero-order chi connectivity index (χ0) is 18.6. The Morgan fingerprint density at radius 1 is 1.04 bits per heavy atom. The van der Waals surface area contributed by atoms with Crippen LogP contribution in [0, 0.1) is 0 Å². The molecule has 0 aromatic heterocycles. The van der Waals surface area contributed by atoms with Crippen molar-refractivity contribution < 1.29 is 14.3 Å². The first kappa shape index (κ1) is 19.6. The molecule has 2 aromatic rings. The fourth-order valence-electron chi connectivity index (χ4n) is 2.05. The first-order valence-electron chi connectivity index (χ1n) is 7.57. The Hall–Kier alpha value is -1.75. The molecule has 7 heteroatoms. The van der Waals surface area contributed by atoms with Gasteiger partial charge in [0, 0.05) is 5.69 Å². The summed E-state index contributed by atoms with van der Waals surface area (Å²) in [5, 5.41) is 2.94. The van der Waals surface area contributed by atoms with Crippen molar-refractivity contribution in [3.05, 3.63) is 62.6 Å². The maximum absolute atomic E-state index is 12.3. The van der Waals surface area contributed by atoms with E-state index < -0.39 is 18.0 Å². The molecule has 2 rings (SSSR count). The van der Waals surface area contributed by atoms with Gasteiger partial charge in [-0.3, -0.25) is 4.79 Å². The lowest BCUT2D eigenvalue weighted by Crippen LogP contribution is -2.30. The summed E-state index contributed by atoms with van der Waals surface area (Å²) >= 11 is 17.9. The monoisotopic (exact) mass is 399 g/mol. The molecule has 0 fully saturated rings. The molecule has 4 nitrogen and oxygen atoms in total. The highest BCUT2D eigenvalue weighted by Crippen LogP contribution is 2.32. The van der Waals surface area contributed by atoms with E-state index in [2.05, 4.69) is 5.32 Å². The van der Waals surface area contributed by atoms with Gasteiger partial charge in [-0.25, -0.2) is 4.79 Å². The fraction of sp³-hybridized carbons (Fsp3) is 0.222. The molecule has 0 aliphatic carbocycles. The van der Waals surface area contributed by atoms with E-state index in [4.69, 9.17) is 39.5 Å². The molecule has 0 spiro atoms. The minimum absolute atomic E-state index is 0.0121. The van der Waals surface area contributed by atoms with Crippen molar-refractivity contribution in [2.45, 2.75) is 26.4 Å². The van der Waals surface area contributed by atoms with Crippen LogP contribution in [-0.2, 0) is 16.0 Å². The molecule has 1 atom stereocenters. The van der Waals surface area contributed by atoms with Gasteiger partial charge in [-0.15, -0.1) is 0 Å². The Labute approximate surface area is 161 Å². The molecule has 0 unspecified atom stereocenters. The number of nitrogens with one attached hydrogen (secondary N) is 1. The van der Waals surface area contributed by atoms with E-state index in [1.807, 2.05) is 19.1 Å². The summed E-state index contributed by atoms with van der Waals surface area (Å²) in [6, 6.07) is 10.3. The van der Waals surface area contributed by atoms with Gasteiger partial charge in [0.2, 0.25) is 0 Å². The molecule has 0 aliphatic heterocycles. The number of hydrogen-bond acceptors (Lipinski definition) is 3. The normalized spacial score (nSPS) is 11.7. The van der Waals surface area contributed by atoms with Crippen LogP contribution in [0.25, 0.3) is 0 Å². The Morgan fingerprint density at radius 2 is 1.64 bits per heavy atom. The number of esters is 1. The van der Waals surface area contributed by atoms with E-state index in [1.54, 1.807) is 12.1 Å². The van der Waals surface area contributed by atoms with Crippen LogP contribution < -0.4 is 5.32 Å².